The molecule has 1 saturated heterocycles. The van der Waals surface area contributed by atoms with Gasteiger partial charge >= 0.3 is 0 Å². The van der Waals surface area contributed by atoms with Crippen LogP contribution >= 0.6 is 0 Å². The van der Waals surface area contributed by atoms with Gasteiger partial charge in [0, 0.05) is 30.8 Å². The second kappa shape index (κ2) is 5.93. The van der Waals surface area contributed by atoms with Gasteiger partial charge in [-0.15, -0.1) is 0 Å². The highest BCUT2D eigenvalue weighted by atomic mass is 16.5. The van der Waals surface area contributed by atoms with Crippen LogP contribution in [-0.4, -0.2) is 26.6 Å². The lowest BCUT2D eigenvalue weighted by Gasteiger charge is -2.24. The zero-order valence-electron chi connectivity index (χ0n) is 13.0. The van der Waals surface area contributed by atoms with Gasteiger partial charge in [0.2, 0.25) is 0 Å². The molecule has 5 heteroatoms. The van der Waals surface area contributed by atoms with Crippen molar-refractivity contribution in [1.29, 1.82) is 0 Å². The van der Waals surface area contributed by atoms with E-state index in [1.807, 2.05) is 26.1 Å². The van der Waals surface area contributed by atoms with E-state index in [9.17, 15) is 0 Å². The van der Waals surface area contributed by atoms with Gasteiger partial charge in [0.05, 0.1) is 11.4 Å². The van der Waals surface area contributed by atoms with E-state index in [0.29, 0.717) is 6.04 Å². The Morgan fingerprint density at radius 3 is 2.95 bits per heavy atom. The molecule has 5 nitrogen and oxygen atoms in total. The Morgan fingerprint density at radius 1 is 1.38 bits per heavy atom. The molecular formula is C16H22N4O. The molecule has 0 unspecified atom stereocenters. The highest BCUT2D eigenvalue weighted by molar-refractivity contribution is 5.26. The predicted octanol–water partition coefficient (Wildman–Crippen LogP) is 2.98. The van der Waals surface area contributed by atoms with E-state index in [-0.39, 0.29) is 0 Å². The Hall–Kier alpha value is -1.75. The summed E-state index contributed by atoms with van der Waals surface area (Å²) >= 11 is 0. The molecule has 0 amide bonds. The van der Waals surface area contributed by atoms with Crippen molar-refractivity contribution < 1.29 is 4.52 Å². The molecule has 3 heterocycles. The summed E-state index contributed by atoms with van der Waals surface area (Å²) in [4.78, 5) is 11.4. The minimum absolute atomic E-state index is 0.399. The normalized spacial score (nSPS) is 19.3. The van der Waals surface area contributed by atoms with E-state index in [1.54, 1.807) is 0 Å². The van der Waals surface area contributed by atoms with Crippen molar-refractivity contribution in [2.45, 2.75) is 52.6 Å². The summed E-state index contributed by atoms with van der Waals surface area (Å²) in [5, 5.41) is 4.10. The molecule has 1 aliphatic rings. The highest BCUT2D eigenvalue weighted by Gasteiger charge is 2.30. The fraction of sp³-hybridized carbons (Fsp3) is 0.562. The Balaban J connectivity index is 1.81. The first-order valence-electron chi connectivity index (χ1n) is 7.66. The minimum atomic E-state index is 0.399. The third-order valence-corrected chi connectivity index (χ3v) is 4.23. The number of hydrogen-bond acceptors (Lipinski definition) is 5. The molecule has 0 aliphatic carbocycles. The van der Waals surface area contributed by atoms with Crippen molar-refractivity contribution in [2.24, 2.45) is 0 Å². The molecule has 1 fully saturated rings. The van der Waals surface area contributed by atoms with Crippen molar-refractivity contribution >= 4 is 0 Å². The van der Waals surface area contributed by atoms with Crippen LogP contribution in [0.2, 0.25) is 0 Å². The Bertz CT molecular complexity index is 603. The van der Waals surface area contributed by atoms with Gasteiger partial charge in [-0.1, -0.05) is 12.1 Å². The zero-order valence-corrected chi connectivity index (χ0v) is 13.0. The van der Waals surface area contributed by atoms with Crippen molar-refractivity contribution in [1.82, 2.24) is 20.0 Å². The monoisotopic (exact) mass is 286 g/mol. The maximum atomic E-state index is 5.34. The maximum Gasteiger partial charge on any atom is 0.138 e. The van der Waals surface area contributed by atoms with Crippen molar-refractivity contribution in [3.63, 3.8) is 0 Å². The lowest BCUT2D eigenvalue weighted by atomic mass is 10.0. The van der Waals surface area contributed by atoms with E-state index >= 15 is 0 Å². The van der Waals surface area contributed by atoms with Crippen LogP contribution in [0.4, 0.5) is 0 Å². The molecule has 2 aromatic heterocycles. The van der Waals surface area contributed by atoms with Crippen LogP contribution in [0.25, 0.3) is 0 Å². The third-order valence-electron chi connectivity index (χ3n) is 4.23. The fourth-order valence-electron chi connectivity index (χ4n) is 3.22. The average Bonchev–Trinajstić information content (AvgIpc) is 3.06. The number of likely N-dealkylation sites (tertiary alicyclic amines) is 1. The molecule has 112 valence electrons. The molecule has 2 aromatic rings. The van der Waals surface area contributed by atoms with Crippen LogP contribution in [0.1, 0.15) is 54.3 Å². The molecule has 0 radical (unpaired) electrons. The van der Waals surface area contributed by atoms with E-state index in [2.05, 4.69) is 26.9 Å². The summed E-state index contributed by atoms with van der Waals surface area (Å²) in [6.45, 7) is 8.08. The largest absolute Gasteiger partial charge is 0.361 e. The summed E-state index contributed by atoms with van der Waals surface area (Å²) in [6, 6.07) is 2.42. The molecule has 3 rings (SSSR count). The summed E-state index contributed by atoms with van der Waals surface area (Å²) in [7, 11) is 0. The number of nitrogens with zero attached hydrogens (tertiary/aromatic N) is 4. The van der Waals surface area contributed by atoms with Crippen molar-refractivity contribution in [2.75, 3.05) is 6.54 Å². The van der Waals surface area contributed by atoms with Crippen LogP contribution in [0.15, 0.2) is 16.8 Å². The minimum Gasteiger partial charge on any atom is -0.361 e. The molecular weight excluding hydrogens is 264 g/mol. The molecule has 0 aromatic carbocycles. The van der Waals surface area contributed by atoms with Crippen LogP contribution in [-0.2, 0) is 13.0 Å². The van der Waals surface area contributed by atoms with Gasteiger partial charge in [0.1, 0.15) is 11.6 Å². The second-order valence-corrected chi connectivity index (χ2v) is 5.68. The van der Waals surface area contributed by atoms with Crippen LogP contribution in [0.5, 0.6) is 0 Å². The summed E-state index contributed by atoms with van der Waals surface area (Å²) in [5.74, 6) is 1.86. The standard InChI is InChI=1S/C16H22N4O/c1-4-15-17-8-7-13(18-15)10-20-9-5-6-14(20)16-11(2)19-21-12(16)3/h7-8,14H,4-6,9-10H2,1-3H3/t14-/m1/s1. The van der Waals surface area contributed by atoms with Crippen molar-refractivity contribution in [3.05, 3.63) is 40.8 Å². The first-order chi connectivity index (χ1) is 10.2. The van der Waals surface area contributed by atoms with Crippen molar-refractivity contribution in [3.8, 4) is 0 Å². The summed E-state index contributed by atoms with van der Waals surface area (Å²) in [6.07, 6.45) is 5.11. The third kappa shape index (κ3) is 2.83. The molecule has 0 spiro atoms. The summed E-state index contributed by atoms with van der Waals surface area (Å²) < 4.78 is 5.34. The van der Waals surface area contributed by atoms with Gasteiger partial charge in [-0.25, -0.2) is 9.97 Å². The van der Waals surface area contributed by atoms with E-state index in [1.165, 1.54) is 12.0 Å². The van der Waals surface area contributed by atoms with Crippen LogP contribution in [0, 0.1) is 13.8 Å². The first kappa shape index (κ1) is 14.2. The molecule has 21 heavy (non-hydrogen) atoms. The van der Waals surface area contributed by atoms with Crippen LogP contribution in [0.3, 0.4) is 0 Å². The predicted molar refractivity (Wildman–Crippen MR) is 79.8 cm³/mol. The maximum absolute atomic E-state index is 5.34. The SMILES string of the molecule is CCc1nccc(CN2CCC[C@@H]2c2c(C)noc2C)n1. The topological polar surface area (TPSA) is 55.1 Å². The number of aryl methyl sites for hydroxylation is 3. The van der Waals surface area contributed by atoms with Gasteiger partial charge in [-0.05, 0) is 39.3 Å². The lowest BCUT2D eigenvalue weighted by Crippen LogP contribution is -2.24. The smallest absolute Gasteiger partial charge is 0.138 e. The Kier molecular flexibility index (Phi) is 4.01. The van der Waals surface area contributed by atoms with Gasteiger partial charge in [-0.2, -0.15) is 0 Å². The van der Waals surface area contributed by atoms with Gasteiger partial charge in [0.15, 0.2) is 0 Å². The molecule has 0 bridgehead atoms. The zero-order chi connectivity index (χ0) is 14.8. The average molecular weight is 286 g/mol. The number of hydrogen-bond donors (Lipinski definition) is 0. The van der Waals surface area contributed by atoms with Crippen LogP contribution < -0.4 is 0 Å². The lowest BCUT2D eigenvalue weighted by molar-refractivity contribution is 0.242. The quantitative estimate of drug-likeness (QED) is 0.865. The Labute approximate surface area is 125 Å². The fourth-order valence-corrected chi connectivity index (χ4v) is 3.22. The van der Waals surface area contributed by atoms with Gasteiger partial charge < -0.3 is 4.52 Å². The Morgan fingerprint density at radius 2 is 2.24 bits per heavy atom. The molecule has 1 atom stereocenters. The van der Waals surface area contributed by atoms with E-state index in [0.717, 1.165) is 48.9 Å². The van der Waals surface area contributed by atoms with E-state index < -0.39 is 0 Å². The number of rotatable bonds is 4. The molecule has 0 N–H and O–H groups in total. The van der Waals surface area contributed by atoms with Gasteiger partial charge in [-0.3, -0.25) is 4.90 Å². The highest BCUT2D eigenvalue weighted by Crippen LogP contribution is 2.36. The van der Waals surface area contributed by atoms with E-state index in [4.69, 9.17) is 4.52 Å². The second-order valence-electron chi connectivity index (χ2n) is 5.68. The number of aromatic nitrogens is 3. The van der Waals surface area contributed by atoms with Gasteiger partial charge in [0.25, 0.3) is 0 Å². The molecule has 1 aliphatic heterocycles. The summed E-state index contributed by atoms with van der Waals surface area (Å²) in [5.41, 5.74) is 3.37. The first-order valence-corrected chi connectivity index (χ1v) is 7.66. The molecule has 0 saturated carbocycles.